The van der Waals surface area contributed by atoms with E-state index in [4.69, 9.17) is 11.6 Å². The summed E-state index contributed by atoms with van der Waals surface area (Å²) in [4.78, 5) is 24.7. The van der Waals surface area contributed by atoms with Gasteiger partial charge in [-0.3, -0.25) is 4.79 Å². The number of aromatic nitrogens is 2. The smallest absolute Gasteiger partial charge is 0.335 e. The van der Waals surface area contributed by atoms with E-state index < -0.39 is 5.97 Å². The van der Waals surface area contributed by atoms with Gasteiger partial charge in [-0.25, -0.2) is 4.79 Å². The van der Waals surface area contributed by atoms with E-state index in [0.717, 1.165) is 29.5 Å². The van der Waals surface area contributed by atoms with Gasteiger partial charge in [0.2, 0.25) is 0 Å². The van der Waals surface area contributed by atoms with Crippen molar-refractivity contribution in [1.82, 2.24) is 9.78 Å². The minimum Gasteiger partial charge on any atom is -0.478 e. The average molecular weight is 369 g/mol. The van der Waals surface area contributed by atoms with Gasteiger partial charge >= 0.3 is 5.97 Å². The summed E-state index contributed by atoms with van der Waals surface area (Å²) in [5, 5.41) is 14.9. The maximum Gasteiger partial charge on any atom is 0.335 e. The minimum absolute atomic E-state index is 0.121. The second kappa shape index (κ2) is 6.25. The number of hydrogen-bond acceptors (Lipinski definition) is 3. The predicted octanol–water partition coefficient (Wildman–Crippen LogP) is 4.52. The molecule has 132 valence electrons. The van der Waals surface area contributed by atoms with Crippen LogP contribution in [0, 0.1) is 0 Å². The van der Waals surface area contributed by atoms with Gasteiger partial charge in [-0.2, -0.15) is 9.78 Å². The summed E-state index contributed by atoms with van der Waals surface area (Å²) < 4.78 is 1.30. The zero-order valence-corrected chi connectivity index (χ0v) is 15.0. The standard InChI is InChI=1S/C20H17ClN2O3/c1-2-16-14-9-8-12(20(25)26)10-17(14)23(22-16)19(24)18-13(11-6-7-11)4-3-5-15(18)21/h3-5,8-11H,2,6-7H2,1H3,(H,25,26). The van der Waals surface area contributed by atoms with Crippen molar-refractivity contribution in [1.29, 1.82) is 0 Å². The van der Waals surface area contributed by atoms with Crippen molar-refractivity contribution in [3.63, 3.8) is 0 Å². The molecule has 0 saturated heterocycles. The van der Waals surface area contributed by atoms with Gasteiger partial charge in [0.15, 0.2) is 0 Å². The maximum absolute atomic E-state index is 13.3. The summed E-state index contributed by atoms with van der Waals surface area (Å²) in [6.07, 6.45) is 2.73. The van der Waals surface area contributed by atoms with Crippen molar-refractivity contribution in [2.24, 2.45) is 0 Å². The van der Waals surface area contributed by atoms with Gasteiger partial charge in [0.05, 0.1) is 27.4 Å². The Morgan fingerprint density at radius 2 is 2.04 bits per heavy atom. The monoisotopic (exact) mass is 368 g/mol. The first-order valence-electron chi connectivity index (χ1n) is 8.59. The molecule has 0 atom stereocenters. The summed E-state index contributed by atoms with van der Waals surface area (Å²) in [5.74, 6) is -0.999. The number of nitrogens with zero attached hydrogens (tertiary/aromatic N) is 2. The lowest BCUT2D eigenvalue weighted by molar-refractivity contribution is 0.0696. The topological polar surface area (TPSA) is 72.2 Å². The number of fused-ring (bicyclic) bond motifs is 1. The molecule has 26 heavy (non-hydrogen) atoms. The molecular formula is C20H17ClN2O3. The van der Waals surface area contributed by atoms with Crippen LogP contribution < -0.4 is 0 Å². The van der Waals surface area contributed by atoms with Gasteiger partial charge in [0.25, 0.3) is 5.91 Å². The van der Waals surface area contributed by atoms with Crippen LogP contribution in [-0.4, -0.2) is 26.8 Å². The van der Waals surface area contributed by atoms with Crippen molar-refractivity contribution in [3.8, 4) is 0 Å². The van der Waals surface area contributed by atoms with Gasteiger partial charge in [0.1, 0.15) is 0 Å². The fourth-order valence-corrected chi connectivity index (χ4v) is 3.60. The van der Waals surface area contributed by atoms with Crippen LogP contribution in [0.2, 0.25) is 5.02 Å². The van der Waals surface area contributed by atoms with E-state index in [0.29, 0.717) is 28.4 Å². The number of rotatable bonds is 4. The number of aromatic carboxylic acids is 1. The molecular weight excluding hydrogens is 352 g/mol. The Morgan fingerprint density at radius 3 is 2.69 bits per heavy atom. The zero-order valence-electron chi connectivity index (χ0n) is 14.2. The summed E-state index contributed by atoms with van der Waals surface area (Å²) in [7, 11) is 0. The largest absolute Gasteiger partial charge is 0.478 e. The van der Waals surface area contributed by atoms with Crippen LogP contribution in [0.3, 0.4) is 0 Å². The molecule has 5 nitrogen and oxygen atoms in total. The Kier molecular flexibility index (Phi) is 4.04. The van der Waals surface area contributed by atoms with Crippen molar-refractivity contribution in [2.75, 3.05) is 0 Å². The van der Waals surface area contributed by atoms with Gasteiger partial charge < -0.3 is 5.11 Å². The highest BCUT2D eigenvalue weighted by Crippen LogP contribution is 2.43. The number of carboxylic acids is 1. The minimum atomic E-state index is -1.04. The van der Waals surface area contributed by atoms with Gasteiger partial charge in [-0.1, -0.05) is 36.7 Å². The van der Waals surface area contributed by atoms with Crippen LogP contribution in [0.25, 0.3) is 10.9 Å². The van der Waals surface area contributed by atoms with E-state index in [1.165, 1.54) is 16.8 Å². The number of benzene rings is 2. The third-order valence-electron chi connectivity index (χ3n) is 4.81. The van der Waals surface area contributed by atoms with Crippen LogP contribution in [0.4, 0.5) is 0 Å². The summed E-state index contributed by atoms with van der Waals surface area (Å²) in [6, 6.07) is 10.2. The van der Waals surface area contributed by atoms with E-state index in [1.807, 2.05) is 19.1 Å². The lowest BCUT2D eigenvalue weighted by Crippen LogP contribution is -2.16. The SMILES string of the molecule is CCc1nn(C(=O)c2c(Cl)cccc2C2CC2)c2cc(C(=O)O)ccc12. The lowest BCUT2D eigenvalue weighted by atomic mass is 10.0. The Morgan fingerprint density at radius 1 is 1.27 bits per heavy atom. The van der Waals surface area contributed by atoms with Crippen molar-refractivity contribution in [2.45, 2.75) is 32.1 Å². The van der Waals surface area contributed by atoms with Crippen LogP contribution in [0.5, 0.6) is 0 Å². The molecule has 6 heteroatoms. The molecule has 0 amide bonds. The molecule has 1 heterocycles. The second-order valence-corrected chi connectivity index (χ2v) is 6.94. The molecule has 1 aliphatic rings. The zero-order chi connectivity index (χ0) is 18.4. The number of halogens is 1. The first-order valence-corrected chi connectivity index (χ1v) is 8.97. The van der Waals surface area contributed by atoms with Crippen molar-refractivity contribution in [3.05, 3.63) is 63.8 Å². The Bertz CT molecular complexity index is 1050. The highest BCUT2D eigenvalue weighted by atomic mass is 35.5. The number of carbonyl (C=O) groups excluding carboxylic acids is 1. The fraction of sp³-hybridized carbons (Fsp3) is 0.250. The molecule has 0 bridgehead atoms. The molecule has 3 aromatic rings. The molecule has 4 rings (SSSR count). The Labute approximate surface area is 155 Å². The van der Waals surface area contributed by atoms with Gasteiger partial charge in [0, 0.05) is 5.39 Å². The van der Waals surface area contributed by atoms with Gasteiger partial charge in [-0.05, 0) is 48.9 Å². The molecule has 0 unspecified atom stereocenters. The van der Waals surface area contributed by atoms with E-state index in [2.05, 4.69) is 5.10 Å². The third-order valence-corrected chi connectivity index (χ3v) is 5.12. The quantitative estimate of drug-likeness (QED) is 0.735. The number of aryl methyl sites for hydroxylation is 1. The van der Waals surface area contributed by atoms with E-state index in [-0.39, 0.29) is 11.5 Å². The second-order valence-electron chi connectivity index (χ2n) is 6.53. The van der Waals surface area contributed by atoms with Crippen LogP contribution in [0.1, 0.15) is 57.7 Å². The van der Waals surface area contributed by atoms with Crippen LogP contribution in [0.15, 0.2) is 36.4 Å². The van der Waals surface area contributed by atoms with E-state index >= 15 is 0 Å². The van der Waals surface area contributed by atoms with Crippen molar-refractivity contribution < 1.29 is 14.7 Å². The van der Waals surface area contributed by atoms with Crippen molar-refractivity contribution >= 4 is 34.4 Å². The molecule has 1 aliphatic carbocycles. The Hall–Kier alpha value is -2.66. The van der Waals surface area contributed by atoms with E-state index in [9.17, 15) is 14.7 Å². The number of hydrogen-bond donors (Lipinski definition) is 1. The highest BCUT2D eigenvalue weighted by molar-refractivity contribution is 6.34. The number of carboxylic acid groups (broad SMARTS) is 1. The molecule has 2 aromatic carbocycles. The summed E-state index contributed by atoms with van der Waals surface area (Å²) in [6.45, 7) is 1.95. The molecule has 1 N–H and O–H groups in total. The maximum atomic E-state index is 13.3. The van der Waals surface area contributed by atoms with E-state index in [1.54, 1.807) is 12.1 Å². The Balaban J connectivity index is 1.93. The third kappa shape index (κ3) is 2.69. The molecule has 1 fully saturated rings. The predicted molar refractivity (Wildman–Crippen MR) is 99.2 cm³/mol. The van der Waals surface area contributed by atoms with Crippen LogP contribution in [-0.2, 0) is 6.42 Å². The first-order chi connectivity index (χ1) is 12.5. The normalized spacial score (nSPS) is 13.9. The summed E-state index contributed by atoms with van der Waals surface area (Å²) in [5.41, 5.74) is 2.78. The molecule has 0 aliphatic heterocycles. The fourth-order valence-electron chi connectivity index (χ4n) is 3.34. The lowest BCUT2D eigenvalue weighted by Gasteiger charge is -2.10. The first kappa shape index (κ1) is 16.8. The highest BCUT2D eigenvalue weighted by Gasteiger charge is 2.31. The average Bonchev–Trinajstić information content (AvgIpc) is 3.41. The molecule has 0 radical (unpaired) electrons. The van der Waals surface area contributed by atoms with Gasteiger partial charge in [-0.15, -0.1) is 0 Å². The van der Waals surface area contributed by atoms with Crippen LogP contribution >= 0.6 is 11.6 Å². The molecule has 0 spiro atoms. The molecule has 1 aromatic heterocycles. The number of carbonyl (C=O) groups is 2. The summed E-state index contributed by atoms with van der Waals surface area (Å²) >= 11 is 6.36. The molecule has 1 saturated carbocycles.